The van der Waals surface area contributed by atoms with Crippen molar-refractivity contribution in [2.75, 3.05) is 0 Å². The fourth-order valence-corrected chi connectivity index (χ4v) is 2.77. The van der Waals surface area contributed by atoms with Crippen LogP contribution >= 0.6 is 0 Å². The van der Waals surface area contributed by atoms with E-state index in [1.54, 1.807) is 18.6 Å². The number of aromatic nitrogens is 4. The minimum atomic E-state index is 0.246. The Morgan fingerprint density at radius 1 is 1.18 bits per heavy atom. The van der Waals surface area contributed by atoms with Gasteiger partial charge in [-0.15, -0.1) is 0 Å². The molecule has 1 aliphatic heterocycles. The zero-order valence-corrected chi connectivity index (χ0v) is 12.5. The molecule has 0 radical (unpaired) electrons. The molecule has 0 N–H and O–H groups in total. The second-order valence-electron chi connectivity index (χ2n) is 5.59. The van der Waals surface area contributed by atoms with Gasteiger partial charge in [0.1, 0.15) is 17.5 Å². The zero-order valence-electron chi connectivity index (χ0n) is 12.5. The molecule has 22 heavy (non-hydrogen) atoms. The fourth-order valence-electron chi connectivity index (χ4n) is 2.77. The molecule has 1 aliphatic rings. The van der Waals surface area contributed by atoms with E-state index in [0.29, 0.717) is 0 Å². The minimum Gasteiger partial charge on any atom is -0.490 e. The van der Waals surface area contributed by atoms with Gasteiger partial charge in [-0.2, -0.15) is 0 Å². The summed E-state index contributed by atoms with van der Waals surface area (Å²) in [6.07, 6.45) is 8.42. The van der Waals surface area contributed by atoms with Crippen LogP contribution < -0.4 is 4.74 Å². The highest BCUT2D eigenvalue weighted by molar-refractivity contribution is 5.55. The second kappa shape index (κ2) is 4.94. The van der Waals surface area contributed by atoms with Crippen molar-refractivity contribution in [3.63, 3.8) is 0 Å². The zero-order chi connectivity index (χ0) is 15.1. The summed E-state index contributed by atoms with van der Waals surface area (Å²) in [6.45, 7) is 4.01. The summed E-state index contributed by atoms with van der Waals surface area (Å²) in [5, 5.41) is 0. The van der Waals surface area contributed by atoms with Gasteiger partial charge in [0.15, 0.2) is 5.82 Å². The smallest absolute Gasteiger partial charge is 0.164 e. The summed E-state index contributed by atoms with van der Waals surface area (Å²) in [7, 11) is 0. The third-order valence-electron chi connectivity index (χ3n) is 3.81. The van der Waals surface area contributed by atoms with E-state index in [0.717, 1.165) is 35.1 Å². The lowest BCUT2D eigenvalue weighted by Gasteiger charge is -2.09. The predicted molar refractivity (Wildman–Crippen MR) is 83.1 cm³/mol. The van der Waals surface area contributed by atoms with Crippen molar-refractivity contribution in [3.05, 3.63) is 54.2 Å². The molecule has 0 amide bonds. The van der Waals surface area contributed by atoms with Gasteiger partial charge in [-0.1, -0.05) is 0 Å². The number of aryl methyl sites for hydroxylation is 1. The summed E-state index contributed by atoms with van der Waals surface area (Å²) >= 11 is 0. The second-order valence-corrected chi connectivity index (χ2v) is 5.59. The lowest BCUT2D eigenvalue weighted by atomic mass is 10.1. The van der Waals surface area contributed by atoms with Crippen molar-refractivity contribution in [2.45, 2.75) is 26.4 Å². The van der Waals surface area contributed by atoms with E-state index in [1.165, 1.54) is 5.56 Å². The molecule has 0 fully saturated rings. The van der Waals surface area contributed by atoms with E-state index in [1.807, 2.05) is 29.8 Å². The van der Waals surface area contributed by atoms with Crippen LogP contribution in [0.4, 0.5) is 0 Å². The molecule has 1 atom stereocenters. The van der Waals surface area contributed by atoms with E-state index < -0.39 is 0 Å². The number of hydrogen-bond donors (Lipinski definition) is 0. The van der Waals surface area contributed by atoms with Gasteiger partial charge in [-0.3, -0.25) is 9.55 Å². The molecule has 0 saturated heterocycles. The van der Waals surface area contributed by atoms with E-state index in [9.17, 15) is 0 Å². The van der Waals surface area contributed by atoms with E-state index in [2.05, 4.69) is 27.9 Å². The molecular formula is C17H16N4O. The van der Waals surface area contributed by atoms with Crippen LogP contribution in [0.2, 0.25) is 0 Å². The van der Waals surface area contributed by atoms with Crippen LogP contribution in [0.25, 0.3) is 17.2 Å². The number of nitrogens with zero attached hydrogens (tertiary/aromatic N) is 4. The third kappa shape index (κ3) is 2.15. The Hall–Kier alpha value is -2.69. The molecule has 3 aromatic rings. The van der Waals surface area contributed by atoms with Crippen LogP contribution in [0.1, 0.15) is 18.2 Å². The molecule has 2 aromatic heterocycles. The average molecular weight is 292 g/mol. The van der Waals surface area contributed by atoms with Gasteiger partial charge in [0.2, 0.25) is 0 Å². The maximum Gasteiger partial charge on any atom is 0.164 e. The number of rotatable bonds is 2. The molecule has 1 aromatic carbocycles. The molecule has 1 unspecified atom stereocenters. The van der Waals surface area contributed by atoms with Gasteiger partial charge in [0, 0.05) is 30.7 Å². The van der Waals surface area contributed by atoms with Crippen molar-refractivity contribution in [1.29, 1.82) is 0 Å². The Morgan fingerprint density at radius 3 is 2.91 bits per heavy atom. The quantitative estimate of drug-likeness (QED) is 0.728. The number of ether oxygens (including phenoxy) is 1. The van der Waals surface area contributed by atoms with Crippen molar-refractivity contribution >= 4 is 0 Å². The first kappa shape index (κ1) is 13.0. The molecule has 5 nitrogen and oxygen atoms in total. The molecule has 5 heteroatoms. The van der Waals surface area contributed by atoms with Crippen LogP contribution in [-0.4, -0.2) is 25.6 Å². The molecule has 0 bridgehead atoms. The van der Waals surface area contributed by atoms with Crippen LogP contribution in [0.3, 0.4) is 0 Å². The van der Waals surface area contributed by atoms with Crippen molar-refractivity contribution in [2.24, 2.45) is 0 Å². The first-order chi connectivity index (χ1) is 10.7. The molecule has 3 heterocycles. The highest BCUT2D eigenvalue weighted by Gasteiger charge is 2.20. The number of fused-ring (bicyclic) bond motifs is 1. The highest BCUT2D eigenvalue weighted by atomic mass is 16.5. The van der Waals surface area contributed by atoms with Gasteiger partial charge in [-0.25, -0.2) is 9.97 Å². The molecular weight excluding hydrogens is 276 g/mol. The summed E-state index contributed by atoms with van der Waals surface area (Å²) < 4.78 is 7.79. The number of imidazole rings is 1. The van der Waals surface area contributed by atoms with Crippen molar-refractivity contribution < 1.29 is 4.74 Å². The summed E-state index contributed by atoms with van der Waals surface area (Å²) in [4.78, 5) is 13.2. The lowest BCUT2D eigenvalue weighted by Crippen LogP contribution is -2.05. The normalized spacial score (nSPS) is 16.4. The Labute approximate surface area is 128 Å². The molecule has 110 valence electrons. The fraction of sp³-hybridized carbons (Fsp3) is 0.235. The standard InChI is InChI=1S/C17H16N4O/c1-11-9-20-15(10-19-11)17-18-5-6-21(17)14-3-4-16-13(8-14)7-12(2)22-16/h3-6,8-10,12H,7H2,1-2H3. The van der Waals surface area contributed by atoms with Crippen molar-refractivity contribution in [1.82, 2.24) is 19.5 Å². The lowest BCUT2D eigenvalue weighted by molar-refractivity contribution is 0.254. The predicted octanol–water partition coefficient (Wildman–Crippen LogP) is 2.96. The number of hydrogen-bond acceptors (Lipinski definition) is 4. The van der Waals surface area contributed by atoms with Gasteiger partial charge in [-0.05, 0) is 37.6 Å². The van der Waals surface area contributed by atoms with Crippen LogP contribution in [0.15, 0.2) is 43.0 Å². The Bertz CT molecular complexity index is 823. The molecule has 0 spiro atoms. The van der Waals surface area contributed by atoms with E-state index in [4.69, 9.17) is 4.74 Å². The molecule has 0 saturated carbocycles. The SMILES string of the molecule is Cc1cnc(-c2nccn2-c2ccc3c(c2)CC(C)O3)cn1. The highest BCUT2D eigenvalue weighted by Crippen LogP contribution is 2.31. The first-order valence-electron chi connectivity index (χ1n) is 7.33. The van der Waals surface area contributed by atoms with Crippen LogP contribution in [0, 0.1) is 6.92 Å². The Kier molecular flexibility index (Phi) is 2.92. The average Bonchev–Trinajstić information content (AvgIpc) is 3.12. The van der Waals surface area contributed by atoms with Crippen molar-refractivity contribution in [3.8, 4) is 23.0 Å². The summed E-state index contributed by atoms with van der Waals surface area (Å²) in [6, 6.07) is 6.23. The third-order valence-corrected chi connectivity index (χ3v) is 3.81. The maximum atomic E-state index is 5.76. The van der Waals surface area contributed by atoms with Gasteiger partial charge >= 0.3 is 0 Å². The Morgan fingerprint density at radius 2 is 2.09 bits per heavy atom. The molecule has 0 aliphatic carbocycles. The van der Waals surface area contributed by atoms with Gasteiger partial charge < -0.3 is 4.74 Å². The van der Waals surface area contributed by atoms with Gasteiger partial charge in [0.05, 0.1) is 11.9 Å². The van der Waals surface area contributed by atoms with E-state index in [-0.39, 0.29) is 6.10 Å². The number of benzene rings is 1. The first-order valence-corrected chi connectivity index (χ1v) is 7.33. The monoisotopic (exact) mass is 292 g/mol. The topological polar surface area (TPSA) is 52.8 Å². The summed E-state index contributed by atoms with van der Waals surface area (Å²) in [5.74, 6) is 1.77. The largest absolute Gasteiger partial charge is 0.490 e. The summed E-state index contributed by atoms with van der Waals surface area (Å²) in [5.41, 5.74) is 3.96. The Balaban J connectivity index is 1.77. The van der Waals surface area contributed by atoms with Gasteiger partial charge in [0.25, 0.3) is 0 Å². The van der Waals surface area contributed by atoms with E-state index >= 15 is 0 Å². The minimum absolute atomic E-state index is 0.246. The maximum absolute atomic E-state index is 5.76. The van der Waals surface area contributed by atoms with Crippen LogP contribution in [0.5, 0.6) is 5.75 Å². The van der Waals surface area contributed by atoms with Crippen LogP contribution in [-0.2, 0) is 6.42 Å². The molecule has 4 rings (SSSR count).